The molecule has 8 nitrogen and oxygen atoms in total. The Hall–Kier alpha value is -3.46. The van der Waals surface area contributed by atoms with Crippen LogP contribution in [0, 0.1) is 13.8 Å². The van der Waals surface area contributed by atoms with E-state index in [1.807, 2.05) is 62.7 Å². The van der Waals surface area contributed by atoms with E-state index in [1.54, 1.807) is 17.1 Å². The Morgan fingerprint density at radius 1 is 1.09 bits per heavy atom. The first-order valence-electron chi connectivity index (χ1n) is 10.3. The van der Waals surface area contributed by atoms with Gasteiger partial charge < -0.3 is 5.32 Å². The quantitative estimate of drug-likeness (QED) is 0.433. The second kappa shape index (κ2) is 9.35. The number of pyridine rings is 1. The fourth-order valence-corrected chi connectivity index (χ4v) is 4.24. The van der Waals surface area contributed by atoms with Gasteiger partial charge in [0.25, 0.3) is 0 Å². The predicted molar refractivity (Wildman–Crippen MR) is 125 cm³/mol. The molecule has 0 fully saturated rings. The lowest BCUT2D eigenvalue weighted by Gasteiger charge is -2.14. The van der Waals surface area contributed by atoms with Crippen molar-refractivity contribution in [2.75, 3.05) is 5.32 Å². The van der Waals surface area contributed by atoms with Crippen LogP contribution in [0.3, 0.4) is 0 Å². The fourth-order valence-electron chi connectivity index (χ4n) is 3.39. The minimum Gasteiger partial charge on any atom is -0.322 e. The number of aryl methyl sites for hydroxylation is 2. The third-order valence-corrected chi connectivity index (χ3v) is 6.33. The summed E-state index contributed by atoms with van der Waals surface area (Å²) in [5.41, 5.74) is 4.52. The molecule has 32 heavy (non-hydrogen) atoms. The average Bonchev–Trinajstić information content (AvgIpc) is 3.30. The highest BCUT2D eigenvalue weighted by atomic mass is 32.2. The summed E-state index contributed by atoms with van der Waals surface area (Å²) < 4.78 is 3.81. The van der Waals surface area contributed by atoms with Crippen LogP contribution in [0.4, 0.5) is 5.69 Å². The summed E-state index contributed by atoms with van der Waals surface area (Å²) in [5.74, 6) is 0.638. The summed E-state index contributed by atoms with van der Waals surface area (Å²) in [5, 5.41) is 16.5. The molecule has 1 amide bonds. The summed E-state index contributed by atoms with van der Waals surface area (Å²) in [4.78, 5) is 17.0. The van der Waals surface area contributed by atoms with Crippen molar-refractivity contribution in [3.8, 4) is 11.4 Å². The zero-order chi connectivity index (χ0) is 22.7. The Balaban J connectivity index is 1.60. The number of anilines is 1. The first-order valence-corrected chi connectivity index (χ1v) is 11.2. The standard InChI is InChI=1S/C23H25N7OS/c1-15-20(16(2)29(4)28-15)25-22(31)17(3)32-23-27-26-21(19-10-12-24-13-11-19)30(23)14-18-8-6-5-7-9-18/h5-13,17H,14H2,1-4H3,(H,25,31). The lowest BCUT2D eigenvalue weighted by molar-refractivity contribution is -0.115. The van der Waals surface area contributed by atoms with Gasteiger partial charge in [-0.1, -0.05) is 42.1 Å². The van der Waals surface area contributed by atoms with Gasteiger partial charge in [-0.05, 0) is 38.5 Å². The second-order valence-corrected chi connectivity index (χ2v) is 8.84. The van der Waals surface area contributed by atoms with Crippen LogP contribution in [0.15, 0.2) is 60.0 Å². The van der Waals surface area contributed by atoms with Crippen LogP contribution in [-0.4, -0.2) is 40.7 Å². The van der Waals surface area contributed by atoms with E-state index >= 15 is 0 Å². The molecule has 3 heterocycles. The number of rotatable bonds is 7. The molecule has 0 spiro atoms. The summed E-state index contributed by atoms with van der Waals surface area (Å²) in [6.07, 6.45) is 3.47. The van der Waals surface area contributed by atoms with Crippen molar-refractivity contribution < 1.29 is 4.79 Å². The Bertz CT molecular complexity index is 1220. The number of thioether (sulfide) groups is 1. The summed E-state index contributed by atoms with van der Waals surface area (Å²) in [6.45, 7) is 6.29. The van der Waals surface area contributed by atoms with Crippen LogP contribution < -0.4 is 5.32 Å². The molecule has 0 bridgehead atoms. The highest BCUT2D eigenvalue weighted by Gasteiger charge is 2.23. The van der Waals surface area contributed by atoms with Crippen molar-refractivity contribution in [3.63, 3.8) is 0 Å². The van der Waals surface area contributed by atoms with Gasteiger partial charge >= 0.3 is 0 Å². The second-order valence-electron chi connectivity index (χ2n) is 7.53. The van der Waals surface area contributed by atoms with Crippen LogP contribution in [0.5, 0.6) is 0 Å². The lowest BCUT2D eigenvalue weighted by Crippen LogP contribution is -2.23. The normalized spacial score (nSPS) is 12.0. The highest BCUT2D eigenvalue weighted by molar-refractivity contribution is 8.00. The minimum absolute atomic E-state index is 0.103. The van der Waals surface area contributed by atoms with Crippen LogP contribution in [-0.2, 0) is 18.4 Å². The number of nitrogens with one attached hydrogen (secondary N) is 1. The van der Waals surface area contributed by atoms with Crippen molar-refractivity contribution in [1.29, 1.82) is 0 Å². The minimum atomic E-state index is -0.377. The molecule has 4 aromatic rings. The molecule has 0 radical (unpaired) electrons. The van der Waals surface area contributed by atoms with Crippen molar-refractivity contribution >= 4 is 23.4 Å². The molecule has 0 aliphatic heterocycles. The van der Waals surface area contributed by atoms with Gasteiger partial charge in [0.05, 0.1) is 28.9 Å². The maximum atomic E-state index is 12.9. The summed E-state index contributed by atoms with van der Waals surface area (Å²) in [7, 11) is 1.86. The Kier molecular flexibility index (Phi) is 6.36. The number of hydrogen-bond acceptors (Lipinski definition) is 6. The van der Waals surface area contributed by atoms with Crippen LogP contribution in [0.25, 0.3) is 11.4 Å². The topological polar surface area (TPSA) is 90.5 Å². The molecule has 1 atom stereocenters. The van der Waals surface area contributed by atoms with Crippen molar-refractivity contribution in [2.24, 2.45) is 7.05 Å². The van der Waals surface area contributed by atoms with E-state index in [1.165, 1.54) is 11.8 Å². The zero-order valence-electron chi connectivity index (χ0n) is 18.5. The molecule has 0 aliphatic rings. The zero-order valence-corrected chi connectivity index (χ0v) is 19.3. The molecule has 164 valence electrons. The van der Waals surface area contributed by atoms with E-state index < -0.39 is 0 Å². The monoisotopic (exact) mass is 447 g/mol. The molecule has 9 heteroatoms. The molecule has 0 saturated heterocycles. The molecular formula is C23H25N7OS. The third-order valence-electron chi connectivity index (χ3n) is 5.25. The Morgan fingerprint density at radius 2 is 1.81 bits per heavy atom. The van der Waals surface area contributed by atoms with E-state index in [0.29, 0.717) is 11.7 Å². The van der Waals surface area contributed by atoms with E-state index in [0.717, 1.165) is 34.0 Å². The Morgan fingerprint density at radius 3 is 2.47 bits per heavy atom. The van der Waals surface area contributed by atoms with Gasteiger partial charge in [-0.15, -0.1) is 10.2 Å². The Labute approximate surface area is 191 Å². The van der Waals surface area contributed by atoms with Crippen LogP contribution in [0.1, 0.15) is 23.9 Å². The lowest BCUT2D eigenvalue weighted by atomic mass is 10.2. The largest absolute Gasteiger partial charge is 0.322 e. The number of aromatic nitrogens is 6. The third kappa shape index (κ3) is 4.57. The number of nitrogens with zero attached hydrogens (tertiary/aromatic N) is 6. The molecule has 0 aliphatic carbocycles. The maximum absolute atomic E-state index is 12.9. The van der Waals surface area contributed by atoms with E-state index in [-0.39, 0.29) is 11.2 Å². The number of amides is 1. The van der Waals surface area contributed by atoms with E-state index in [2.05, 4.69) is 37.7 Å². The predicted octanol–water partition coefficient (Wildman–Crippen LogP) is 3.86. The number of carbonyl (C=O) groups is 1. The van der Waals surface area contributed by atoms with Gasteiger partial charge in [0.2, 0.25) is 5.91 Å². The summed E-state index contributed by atoms with van der Waals surface area (Å²) >= 11 is 1.39. The smallest absolute Gasteiger partial charge is 0.237 e. The van der Waals surface area contributed by atoms with Gasteiger partial charge in [-0.3, -0.25) is 19.0 Å². The van der Waals surface area contributed by atoms with Gasteiger partial charge in [0.1, 0.15) is 0 Å². The first kappa shape index (κ1) is 21.8. The van der Waals surface area contributed by atoms with Gasteiger partial charge in [-0.2, -0.15) is 5.10 Å². The SMILES string of the molecule is Cc1nn(C)c(C)c1NC(=O)C(C)Sc1nnc(-c2ccncc2)n1Cc1ccccc1. The fraction of sp³-hybridized carbons (Fsp3) is 0.261. The van der Waals surface area contributed by atoms with Crippen molar-refractivity contribution in [3.05, 3.63) is 71.8 Å². The number of hydrogen-bond donors (Lipinski definition) is 1. The van der Waals surface area contributed by atoms with Crippen LogP contribution in [0.2, 0.25) is 0 Å². The highest BCUT2D eigenvalue weighted by Crippen LogP contribution is 2.29. The number of benzene rings is 1. The molecular weight excluding hydrogens is 422 g/mol. The maximum Gasteiger partial charge on any atom is 0.237 e. The molecule has 1 N–H and O–H groups in total. The summed E-state index contributed by atoms with van der Waals surface area (Å²) in [6, 6.07) is 13.9. The van der Waals surface area contributed by atoms with Gasteiger partial charge in [0.15, 0.2) is 11.0 Å². The average molecular weight is 448 g/mol. The first-order chi connectivity index (χ1) is 15.4. The molecule has 3 aromatic heterocycles. The molecule has 0 saturated carbocycles. The molecule has 1 aromatic carbocycles. The van der Waals surface area contributed by atoms with Crippen molar-refractivity contribution in [2.45, 2.75) is 37.7 Å². The van der Waals surface area contributed by atoms with Gasteiger partial charge in [0, 0.05) is 25.0 Å². The number of carbonyl (C=O) groups excluding carboxylic acids is 1. The van der Waals surface area contributed by atoms with Crippen LogP contribution >= 0.6 is 11.8 Å². The van der Waals surface area contributed by atoms with Crippen molar-refractivity contribution in [1.82, 2.24) is 29.5 Å². The van der Waals surface area contributed by atoms with E-state index in [9.17, 15) is 4.79 Å². The molecule has 1 unspecified atom stereocenters. The van der Waals surface area contributed by atoms with Gasteiger partial charge in [-0.25, -0.2) is 0 Å². The molecule has 4 rings (SSSR count). The van der Waals surface area contributed by atoms with E-state index in [4.69, 9.17) is 0 Å².